The normalized spacial score (nSPS) is 16.2. The minimum atomic E-state index is -3.59. The van der Waals surface area contributed by atoms with E-state index in [1.54, 1.807) is 13.8 Å². The van der Waals surface area contributed by atoms with Crippen LogP contribution in [-0.4, -0.2) is 51.4 Å². The lowest BCUT2D eigenvalue weighted by molar-refractivity contribution is -0.896. The van der Waals surface area contributed by atoms with Gasteiger partial charge in [0, 0.05) is 13.1 Å². The lowest BCUT2D eigenvalue weighted by Gasteiger charge is -2.23. The predicted octanol–water partition coefficient (Wildman–Crippen LogP) is 1.38. The van der Waals surface area contributed by atoms with Gasteiger partial charge in [-0.15, -0.1) is 0 Å². The summed E-state index contributed by atoms with van der Waals surface area (Å²) in [6.07, 6.45) is 3.50. The Morgan fingerprint density at radius 1 is 1.20 bits per heavy atom. The molecule has 140 valence electrons. The van der Waals surface area contributed by atoms with Crippen LogP contribution >= 0.6 is 11.6 Å². The van der Waals surface area contributed by atoms with Crippen molar-refractivity contribution in [2.24, 2.45) is 0 Å². The minimum absolute atomic E-state index is 0.140. The summed E-state index contributed by atoms with van der Waals surface area (Å²) in [5.74, 6) is -0.142. The predicted molar refractivity (Wildman–Crippen MR) is 99.6 cm³/mol. The highest BCUT2D eigenvalue weighted by molar-refractivity contribution is 7.89. The number of hydrogen-bond acceptors (Lipinski definition) is 3. The average molecular weight is 389 g/mol. The molecule has 1 saturated heterocycles. The van der Waals surface area contributed by atoms with Crippen LogP contribution in [-0.2, 0) is 14.8 Å². The van der Waals surface area contributed by atoms with Crippen molar-refractivity contribution in [3.05, 3.63) is 23.2 Å². The number of amides is 1. The first-order valence-corrected chi connectivity index (χ1v) is 10.6. The molecule has 1 aromatic carbocycles. The first kappa shape index (κ1) is 20.2. The monoisotopic (exact) mass is 388 g/mol. The van der Waals surface area contributed by atoms with E-state index in [0.29, 0.717) is 30.3 Å². The Morgan fingerprint density at radius 3 is 2.44 bits per heavy atom. The Labute approximate surface area is 155 Å². The summed E-state index contributed by atoms with van der Waals surface area (Å²) in [5.41, 5.74) is 0.344. The Bertz CT molecular complexity index is 699. The van der Waals surface area contributed by atoms with E-state index in [9.17, 15) is 13.2 Å². The molecule has 6 nitrogen and oxygen atoms in total. The molecule has 0 saturated carbocycles. The molecule has 1 heterocycles. The van der Waals surface area contributed by atoms with Gasteiger partial charge in [-0.2, -0.15) is 4.31 Å². The zero-order chi connectivity index (χ0) is 18.4. The van der Waals surface area contributed by atoms with E-state index in [1.807, 2.05) is 0 Å². The third-order valence-electron chi connectivity index (χ3n) is 4.53. The molecule has 1 aliphatic heterocycles. The molecular formula is C17H27ClN3O3S+. The minimum Gasteiger partial charge on any atom is -0.327 e. The zero-order valence-electron chi connectivity index (χ0n) is 14.8. The van der Waals surface area contributed by atoms with Gasteiger partial charge in [-0.1, -0.05) is 25.4 Å². The van der Waals surface area contributed by atoms with Gasteiger partial charge < -0.3 is 10.2 Å². The summed E-state index contributed by atoms with van der Waals surface area (Å²) in [6, 6.07) is 4.43. The van der Waals surface area contributed by atoms with E-state index >= 15 is 0 Å². The van der Waals surface area contributed by atoms with Crippen molar-refractivity contribution in [3.8, 4) is 0 Å². The zero-order valence-corrected chi connectivity index (χ0v) is 16.4. The molecule has 0 aliphatic carbocycles. The molecule has 0 spiro atoms. The van der Waals surface area contributed by atoms with Crippen molar-refractivity contribution in [1.82, 2.24) is 4.31 Å². The summed E-state index contributed by atoms with van der Waals surface area (Å²) < 4.78 is 26.6. The lowest BCUT2D eigenvalue weighted by Crippen LogP contribution is -3.13. The number of quaternary nitrogens is 1. The Hall–Kier alpha value is -1.15. The molecule has 0 unspecified atom stereocenters. The van der Waals surface area contributed by atoms with Gasteiger partial charge in [0.15, 0.2) is 6.54 Å². The molecule has 8 heteroatoms. The molecule has 0 radical (unpaired) electrons. The second-order valence-corrected chi connectivity index (χ2v) is 8.61. The molecule has 0 atom stereocenters. The first-order valence-electron chi connectivity index (χ1n) is 8.81. The number of piperidine rings is 1. The largest absolute Gasteiger partial charge is 0.327 e. The molecule has 1 aromatic rings. The third-order valence-corrected chi connectivity index (χ3v) is 6.90. The molecule has 1 fully saturated rings. The highest BCUT2D eigenvalue weighted by atomic mass is 35.5. The second kappa shape index (κ2) is 8.98. The van der Waals surface area contributed by atoms with Crippen LogP contribution in [0.2, 0.25) is 5.02 Å². The molecule has 1 amide bonds. The number of nitrogens with one attached hydrogen (secondary N) is 2. The molecule has 2 N–H and O–H groups in total. The second-order valence-electron chi connectivity index (χ2n) is 6.27. The van der Waals surface area contributed by atoms with E-state index in [2.05, 4.69) is 5.32 Å². The van der Waals surface area contributed by atoms with Crippen LogP contribution in [0, 0.1) is 0 Å². The van der Waals surface area contributed by atoms with Crippen LogP contribution in [0.4, 0.5) is 5.69 Å². The number of sulfonamides is 1. The number of carbonyl (C=O) groups is 1. The van der Waals surface area contributed by atoms with E-state index in [4.69, 9.17) is 11.6 Å². The number of hydrogen-bond donors (Lipinski definition) is 2. The van der Waals surface area contributed by atoms with Crippen LogP contribution in [0.15, 0.2) is 23.1 Å². The van der Waals surface area contributed by atoms with E-state index < -0.39 is 10.0 Å². The summed E-state index contributed by atoms with van der Waals surface area (Å²) in [7, 11) is -3.59. The number of anilines is 1. The van der Waals surface area contributed by atoms with E-state index in [-0.39, 0.29) is 10.8 Å². The van der Waals surface area contributed by atoms with Crippen molar-refractivity contribution in [2.75, 3.05) is 38.0 Å². The Morgan fingerprint density at radius 2 is 1.84 bits per heavy atom. The molecule has 25 heavy (non-hydrogen) atoms. The average Bonchev–Trinajstić information content (AvgIpc) is 2.58. The molecule has 1 aliphatic rings. The van der Waals surface area contributed by atoms with Crippen molar-refractivity contribution in [3.63, 3.8) is 0 Å². The fraction of sp³-hybridized carbons (Fsp3) is 0.588. The smallest absolute Gasteiger partial charge is 0.279 e. The SMILES string of the molecule is CCN(CC)S(=O)(=O)c1ccc(Cl)c(NC(=O)C[NH+]2CCCCC2)c1. The summed E-state index contributed by atoms with van der Waals surface area (Å²) >= 11 is 6.15. The highest BCUT2D eigenvalue weighted by Crippen LogP contribution is 2.26. The van der Waals surface area contributed by atoms with Gasteiger partial charge in [0.2, 0.25) is 10.0 Å². The van der Waals surface area contributed by atoms with Crippen LogP contribution in [0.1, 0.15) is 33.1 Å². The van der Waals surface area contributed by atoms with Gasteiger partial charge in [0.05, 0.1) is 28.7 Å². The molecular weight excluding hydrogens is 362 g/mol. The summed E-state index contributed by atoms with van der Waals surface area (Å²) in [4.78, 5) is 13.7. The topological polar surface area (TPSA) is 70.9 Å². The Kier molecular flexibility index (Phi) is 7.25. The Balaban J connectivity index is 2.14. The van der Waals surface area contributed by atoms with Gasteiger partial charge in [-0.25, -0.2) is 8.42 Å². The number of carbonyl (C=O) groups excluding carboxylic acids is 1. The standard InChI is InChI=1S/C17H26ClN3O3S/c1-3-21(4-2)25(23,24)14-8-9-15(18)16(12-14)19-17(22)13-20-10-6-5-7-11-20/h8-9,12H,3-7,10-11,13H2,1-2H3,(H,19,22)/p+1. The number of benzene rings is 1. The summed E-state index contributed by atoms with van der Waals surface area (Å²) in [5, 5.41) is 3.10. The fourth-order valence-corrected chi connectivity index (χ4v) is 4.77. The lowest BCUT2D eigenvalue weighted by atomic mass is 10.1. The van der Waals surface area contributed by atoms with Gasteiger partial charge >= 0.3 is 0 Å². The number of nitrogens with zero attached hydrogens (tertiary/aromatic N) is 1. The molecule has 0 aromatic heterocycles. The quantitative estimate of drug-likeness (QED) is 0.741. The maximum absolute atomic E-state index is 12.6. The molecule has 2 rings (SSSR count). The molecule has 0 bridgehead atoms. The maximum atomic E-state index is 12.6. The third kappa shape index (κ3) is 5.17. The number of likely N-dealkylation sites (tertiary alicyclic amines) is 1. The van der Waals surface area contributed by atoms with Gasteiger partial charge in [-0.3, -0.25) is 4.79 Å². The highest BCUT2D eigenvalue weighted by Gasteiger charge is 2.23. The van der Waals surface area contributed by atoms with Gasteiger partial charge in [-0.05, 0) is 37.5 Å². The van der Waals surface area contributed by atoms with E-state index in [0.717, 1.165) is 25.9 Å². The van der Waals surface area contributed by atoms with Crippen molar-refractivity contribution >= 4 is 33.2 Å². The van der Waals surface area contributed by atoms with Crippen molar-refractivity contribution in [1.29, 1.82) is 0 Å². The number of rotatable bonds is 7. The van der Waals surface area contributed by atoms with Crippen LogP contribution in [0.25, 0.3) is 0 Å². The fourth-order valence-electron chi connectivity index (χ4n) is 3.12. The maximum Gasteiger partial charge on any atom is 0.279 e. The van der Waals surface area contributed by atoms with Crippen LogP contribution in [0.3, 0.4) is 0 Å². The van der Waals surface area contributed by atoms with Gasteiger partial charge in [0.1, 0.15) is 0 Å². The van der Waals surface area contributed by atoms with Crippen LogP contribution < -0.4 is 10.2 Å². The van der Waals surface area contributed by atoms with E-state index in [1.165, 1.54) is 33.8 Å². The first-order chi connectivity index (χ1) is 11.9. The summed E-state index contributed by atoms with van der Waals surface area (Å²) in [6.45, 7) is 6.74. The van der Waals surface area contributed by atoms with Crippen LogP contribution in [0.5, 0.6) is 0 Å². The number of halogens is 1. The van der Waals surface area contributed by atoms with Crippen molar-refractivity contribution < 1.29 is 18.1 Å². The van der Waals surface area contributed by atoms with Crippen molar-refractivity contribution in [2.45, 2.75) is 38.0 Å². The van der Waals surface area contributed by atoms with Gasteiger partial charge in [0.25, 0.3) is 5.91 Å².